The fourth-order valence-corrected chi connectivity index (χ4v) is 4.58. The van der Waals surface area contributed by atoms with E-state index >= 15 is 0 Å². The second-order valence-electron chi connectivity index (χ2n) is 8.86. The first-order valence-electron chi connectivity index (χ1n) is 11.7. The Hall–Kier alpha value is -3.82. The summed E-state index contributed by atoms with van der Waals surface area (Å²) in [7, 11) is 0. The molecular weight excluding hydrogens is 457 g/mol. The fourth-order valence-electron chi connectivity index (χ4n) is 4.58. The molecular formula is C25H26FN3O6. The smallest absolute Gasteiger partial charge is 0.255 e. The van der Waals surface area contributed by atoms with Crippen LogP contribution in [0.3, 0.4) is 0 Å². The molecule has 2 bridgehead atoms. The average Bonchev–Trinajstić information content (AvgIpc) is 3.22. The first-order chi connectivity index (χ1) is 17.0. The van der Waals surface area contributed by atoms with E-state index < -0.39 is 23.7 Å². The van der Waals surface area contributed by atoms with Gasteiger partial charge in [-0.25, -0.2) is 4.39 Å². The van der Waals surface area contributed by atoms with Gasteiger partial charge in [0.05, 0.1) is 18.1 Å². The molecule has 1 saturated heterocycles. The van der Waals surface area contributed by atoms with Gasteiger partial charge in [0, 0.05) is 31.2 Å². The Morgan fingerprint density at radius 1 is 0.971 bits per heavy atom. The summed E-state index contributed by atoms with van der Waals surface area (Å²) in [5.41, 5.74) is 0.500. The van der Waals surface area contributed by atoms with Crippen molar-refractivity contribution in [1.82, 2.24) is 15.5 Å². The maximum absolute atomic E-state index is 13.9. The molecule has 0 unspecified atom stereocenters. The molecule has 0 spiro atoms. The molecule has 2 N–H and O–H groups in total. The van der Waals surface area contributed by atoms with Crippen LogP contribution in [0, 0.1) is 11.7 Å². The standard InChI is InChI=1S/C25H26FN3O6/c26-17-4-7-20-19(11-17)24(31)28-18-5-2-16(23(30)27-8-1-9-33-20)12-29(13-18)25(32)15-3-6-21-22(10-15)35-14-34-21/h3-4,6-7,10-11,16,18H,1-2,5,8-9,12-14H2,(H,27,30)(H,28,31)/t16-,18+/m0/s1. The van der Waals surface area contributed by atoms with Crippen molar-refractivity contribution in [3.8, 4) is 17.2 Å². The van der Waals surface area contributed by atoms with Gasteiger partial charge in [-0.3, -0.25) is 14.4 Å². The Morgan fingerprint density at radius 2 is 1.80 bits per heavy atom. The highest BCUT2D eigenvalue weighted by molar-refractivity contribution is 5.97. The minimum atomic E-state index is -0.545. The highest BCUT2D eigenvalue weighted by atomic mass is 19.1. The summed E-state index contributed by atoms with van der Waals surface area (Å²) in [4.78, 5) is 41.0. The maximum Gasteiger partial charge on any atom is 0.255 e. The van der Waals surface area contributed by atoms with E-state index in [1.165, 1.54) is 12.1 Å². The Labute approximate surface area is 201 Å². The van der Waals surface area contributed by atoms with Crippen LogP contribution in [0.25, 0.3) is 0 Å². The van der Waals surface area contributed by atoms with Gasteiger partial charge < -0.3 is 29.7 Å². The normalized spacial score (nSPS) is 22.3. The van der Waals surface area contributed by atoms with Crippen molar-refractivity contribution in [1.29, 1.82) is 0 Å². The number of amides is 3. The van der Waals surface area contributed by atoms with Crippen molar-refractivity contribution in [2.24, 2.45) is 5.92 Å². The molecule has 10 heteroatoms. The van der Waals surface area contributed by atoms with Crippen LogP contribution in [0.1, 0.15) is 40.0 Å². The van der Waals surface area contributed by atoms with Crippen LogP contribution in [0.5, 0.6) is 17.2 Å². The second kappa shape index (κ2) is 9.81. The predicted molar refractivity (Wildman–Crippen MR) is 122 cm³/mol. The minimum absolute atomic E-state index is 0.0961. The zero-order chi connectivity index (χ0) is 24.4. The number of hydrogen-bond acceptors (Lipinski definition) is 6. The van der Waals surface area contributed by atoms with Crippen LogP contribution in [0.15, 0.2) is 36.4 Å². The van der Waals surface area contributed by atoms with Crippen molar-refractivity contribution in [3.05, 3.63) is 53.3 Å². The van der Waals surface area contributed by atoms with Crippen molar-refractivity contribution in [2.75, 3.05) is 33.0 Å². The first-order valence-corrected chi connectivity index (χ1v) is 11.7. The highest BCUT2D eigenvalue weighted by Crippen LogP contribution is 2.33. The monoisotopic (exact) mass is 483 g/mol. The van der Waals surface area contributed by atoms with Crippen LogP contribution in [0.2, 0.25) is 0 Å². The van der Waals surface area contributed by atoms with Crippen LogP contribution in [0.4, 0.5) is 4.39 Å². The zero-order valence-electron chi connectivity index (χ0n) is 19.1. The van der Waals surface area contributed by atoms with Crippen molar-refractivity contribution in [3.63, 3.8) is 0 Å². The molecule has 0 saturated carbocycles. The summed E-state index contributed by atoms with van der Waals surface area (Å²) >= 11 is 0. The van der Waals surface area contributed by atoms with Gasteiger partial charge >= 0.3 is 0 Å². The van der Waals surface area contributed by atoms with E-state index in [1.807, 2.05) is 0 Å². The van der Waals surface area contributed by atoms with Gasteiger partial charge in [0.15, 0.2) is 11.5 Å². The molecule has 184 valence electrons. The third kappa shape index (κ3) is 5.01. The van der Waals surface area contributed by atoms with Gasteiger partial charge in [0.25, 0.3) is 11.8 Å². The van der Waals surface area contributed by atoms with E-state index in [-0.39, 0.29) is 49.6 Å². The Bertz CT molecular complexity index is 1160. The van der Waals surface area contributed by atoms with Crippen LogP contribution < -0.4 is 24.8 Å². The summed E-state index contributed by atoms with van der Waals surface area (Å²) in [6.45, 7) is 1.16. The number of rotatable bonds is 1. The highest BCUT2D eigenvalue weighted by Gasteiger charge is 2.33. The lowest BCUT2D eigenvalue weighted by molar-refractivity contribution is -0.125. The van der Waals surface area contributed by atoms with E-state index in [2.05, 4.69) is 10.6 Å². The fraction of sp³-hybridized carbons (Fsp3) is 0.400. The summed E-state index contributed by atoms with van der Waals surface area (Å²) in [5, 5.41) is 5.84. The summed E-state index contributed by atoms with van der Waals surface area (Å²) in [5.74, 6) is -0.548. The lowest BCUT2D eigenvalue weighted by atomic mass is 10.0. The Morgan fingerprint density at radius 3 is 2.69 bits per heavy atom. The molecule has 3 heterocycles. The largest absolute Gasteiger partial charge is 0.493 e. The first kappa shape index (κ1) is 22.9. The number of halogens is 1. The number of ether oxygens (including phenoxy) is 3. The molecule has 0 radical (unpaired) electrons. The summed E-state index contributed by atoms with van der Waals surface area (Å²) < 4.78 is 30.4. The number of nitrogens with zero attached hydrogens (tertiary/aromatic N) is 1. The van der Waals surface area contributed by atoms with Crippen molar-refractivity contribution < 1.29 is 33.0 Å². The topological polar surface area (TPSA) is 106 Å². The molecule has 0 aromatic heterocycles. The van der Waals surface area contributed by atoms with Crippen molar-refractivity contribution in [2.45, 2.75) is 25.3 Å². The molecule has 2 atom stereocenters. The van der Waals surface area contributed by atoms with Gasteiger partial charge in [0.2, 0.25) is 12.7 Å². The number of carbonyl (C=O) groups is 3. The maximum atomic E-state index is 13.9. The summed E-state index contributed by atoms with van der Waals surface area (Å²) in [6, 6.07) is 8.33. The Balaban J connectivity index is 1.43. The molecule has 3 aliphatic rings. The zero-order valence-corrected chi connectivity index (χ0v) is 19.1. The minimum Gasteiger partial charge on any atom is -0.493 e. The van der Waals surface area contributed by atoms with E-state index in [4.69, 9.17) is 14.2 Å². The number of fused-ring (bicyclic) bond motifs is 5. The number of nitrogens with one attached hydrogen (secondary N) is 2. The average molecular weight is 483 g/mol. The third-order valence-electron chi connectivity index (χ3n) is 6.42. The van der Waals surface area contributed by atoms with Crippen LogP contribution >= 0.6 is 0 Å². The van der Waals surface area contributed by atoms with Gasteiger partial charge in [0.1, 0.15) is 11.6 Å². The predicted octanol–water partition coefficient (Wildman–Crippen LogP) is 2.10. The number of likely N-dealkylation sites (tertiary alicyclic amines) is 1. The van der Waals surface area contributed by atoms with Gasteiger partial charge in [-0.1, -0.05) is 0 Å². The molecule has 2 aromatic carbocycles. The van der Waals surface area contributed by atoms with Gasteiger partial charge in [-0.2, -0.15) is 0 Å². The van der Waals surface area contributed by atoms with E-state index in [0.29, 0.717) is 42.9 Å². The molecule has 3 amide bonds. The molecule has 2 aromatic rings. The molecule has 1 fully saturated rings. The third-order valence-corrected chi connectivity index (χ3v) is 6.42. The quantitative estimate of drug-likeness (QED) is 0.644. The van der Waals surface area contributed by atoms with Crippen LogP contribution in [-0.4, -0.2) is 61.7 Å². The Kier molecular flexibility index (Phi) is 6.43. The number of benzene rings is 2. The lowest BCUT2D eigenvalue weighted by Gasteiger charge is -2.26. The molecule has 9 nitrogen and oxygen atoms in total. The molecule has 35 heavy (non-hydrogen) atoms. The lowest BCUT2D eigenvalue weighted by Crippen LogP contribution is -2.46. The number of hydrogen-bond donors (Lipinski definition) is 2. The molecule has 5 rings (SSSR count). The number of carbonyl (C=O) groups excluding carboxylic acids is 3. The molecule has 3 aliphatic heterocycles. The second-order valence-corrected chi connectivity index (χ2v) is 8.86. The SMILES string of the molecule is O=C1N[C@@H]2CC[C@@H](CN(C(=O)c3ccc4c(c3)OCO4)C2)C(=O)NCCCOc2ccc(F)cc21. The summed E-state index contributed by atoms with van der Waals surface area (Å²) in [6.07, 6.45) is 1.49. The van der Waals surface area contributed by atoms with E-state index in [1.54, 1.807) is 23.1 Å². The van der Waals surface area contributed by atoms with E-state index in [0.717, 1.165) is 6.07 Å². The van der Waals surface area contributed by atoms with Gasteiger partial charge in [-0.15, -0.1) is 0 Å². The molecule has 0 aliphatic carbocycles. The van der Waals surface area contributed by atoms with Gasteiger partial charge in [-0.05, 0) is 55.7 Å². The van der Waals surface area contributed by atoms with E-state index in [9.17, 15) is 18.8 Å². The van der Waals surface area contributed by atoms with Crippen LogP contribution in [-0.2, 0) is 4.79 Å². The van der Waals surface area contributed by atoms with Crippen molar-refractivity contribution >= 4 is 17.7 Å².